The molecule has 1 aromatic rings. The third-order valence-electron chi connectivity index (χ3n) is 2.26. The van der Waals surface area contributed by atoms with E-state index in [1.165, 1.54) is 32.0 Å². The first-order chi connectivity index (χ1) is 6.45. The van der Waals surface area contributed by atoms with Crippen LogP contribution in [0.5, 0.6) is 0 Å². The average molecular weight is 200 g/mol. The summed E-state index contributed by atoms with van der Waals surface area (Å²) in [7, 11) is 0. The van der Waals surface area contributed by atoms with E-state index in [-0.39, 0.29) is 6.61 Å². The second kappa shape index (κ2) is 4.05. The zero-order chi connectivity index (χ0) is 10.8. The first kappa shape index (κ1) is 11.1. The summed E-state index contributed by atoms with van der Waals surface area (Å²) < 4.78 is 26.4. The van der Waals surface area contributed by atoms with Crippen molar-refractivity contribution in [2.75, 3.05) is 6.61 Å². The number of alkyl halides is 1. The molecule has 1 nitrogen and oxygen atoms in total. The highest BCUT2D eigenvalue weighted by Crippen LogP contribution is 2.30. The Morgan fingerprint density at radius 1 is 1.43 bits per heavy atom. The van der Waals surface area contributed by atoms with Gasteiger partial charge in [0.25, 0.3) is 0 Å². The molecule has 0 fully saturated rings. The molecule has 0 aliphatic heterocycles. The fraction of sp³-hybridized carbons (Fsp3) is 0.455. The Balaban J connectivity index is 3.01. The number of benzene rings is 1. The number of aliphatic hydroxyl groups excluding tert-OH is 1. The first-order valence-corrected chi connectivity index (χ1v) is 4.50. The lowest BCUT2D eigenvalue weighted by molar-refractivity contribution is 0.119. The molecule has 78 valence electrons. The molecule has 0 saturated heterocycles. The van der Waals surface area contributed by atoms with Crippen LogP contribution in [0.3, 0.4) is 0 Å². The highest BCUT2D eigenvalue weighted by Gasteiger charge is 2.29. The van der Waals surface area contributed by atoms with Gasteiger partial charge in [-0.15, -0.1) is 0 Å². The van der Waals surface area contributed by atoms with Crippen LogP contribution in [-0.4, -0.2) is 17.4 Å². The smallest absolute Gasteiger partial charge is 0.123 e. The van der Waals surface area contributed by atoms with Gasteiger partial charge in [-0.05, 0) is 31.5 Å². The predicted molar refractivity (Wildman–Crippen MR) is 51.4 cm³/mol. The minimum absolute atomic E-state index is 0.326. The molecule has 1 N–H and O–H groups in total. The summed E-state index contributed by atoms with van der Waals surface area (Å²) in [6.45, 7) is 2.42. The molecule has 0 aliphatic carbocycles. The topological polar surface area (TPSA) is 20.2 Å². The van der Waals surface area contributed by atoms with Gasteiger partial charge < -0.3 is 5.11 Å². The standard InChI is InChI=1S/C11H14F2O/c1-11(2,13)10(7-14)8-4-3-5-9(12)6-8/h3-6,10,14H,7H2,1-2H3. The van der Waals surface area contributed by atoms with E-state index in [2.05, 4.69) is 0 Å². The molecule has 1 aromatic carbocycles. The number of hydrogen-bond acceptors (Lipinski definition) is 1. The average Bonchev–Trinajstić information content (AvgIpc) is 2.02. The molecule has 1 atom stereocenters. The summed E-state index contributed by atoms with van der Waals surface area (Å²) in [6, 6.07) is 5.68. The van der Waals surface area contributed by atoms with E-state index in [0.717, 1.165) is 0 Å². The van der Waals surface area contributed by atoms with Crippen LogP contribution in [0, 0.1) is 5.82 Å². The Labute approximate surface area is 82.4 Å². The zero-order valence-corrected chi connectivity index (χ0v) is 8.30. The van der Waals surface area contributed by atoms with Crippen LogP contribution in [-0.2, 0) is 0 Å². The molecular weight excluding hydrogens is 186 g/mol. The van der Waals surface area contributed by atoms with E-state index in [0.29, 0.717) is 5.56 Å². The molecule has 0 radical (unpaired) electrons. The molecule has 0 spiro atoms. The summed E-state index contributed by atoms with van der Waals surface area (Å²) in [6.07, 6.45) is 0. The van der Waals surface area contributed by atoms with Gasteiger partial charge in [0.1, 0.15) is 11.5 Å². The Hall–Kier alpha value is -0.960. The molecule has 0 aromatic heterocycles. The van der Waals surface area contributed by atoms with Gasteiger partial charge in [-0.1, -0.05) is 12.1 Å². The van der Waals surface area contributed by atoms with E-state index in [1.54, 1.807) is 6.07 Å². The van der Waals surface area contributed by atoms with Crippen molar-refractivity contribution in [2.24, 2.45) is 0 Å². The number of rotatable bonds is 3. The van der Waals surface area contributed by atoms with Crippen LogP contribution < -0.4 is 0 Å². The van der Waals surface area contributed by atoms with Gasteiger partial charge in [0, 0.05) is 5.92 Å². The van der Waals surface area contributed by atoms with E-state index in [9.17, 15) is 8.78 Å². The molecule has 3 heteroatoms. The number of halogens is 2. The largest absolute Gasteiger partial charge is 0.396 e. The summed E-state index contributed by atoms with van der Waals surface area (Å²) in [5, 5.41) is 9.04. The molecule has 1 unspecified atom stereocenters. The fourth-order valence-electron chi connectivity index (χ4n) is 1.44. The Bertz CT molecular complexity index is 304. The van der Waals surface area contributed by atoms with Gasteiger partial charge in [0.15, 0.2) is 0 Å². The fourth-order valence-corrected chi connectivity index (χ4v) is 1.44. The van der Waals surface area contributed by atoms with Gasteiger partial charge in [0.2, 0.25) is 0 Å². The van der Waals surface area contributed by atoms with Gasteiger partial charge in [-0.25, -0.2) is 8.78 Å². The van der Waals surface area contributed by atoms with Crippen LogP contribution in [0.1, 0.15) is 25.3 Å². The first-order valence-electron chi connectivity index (χ1n) is 4.50. The van der Waals surface area contributed by atoms with E-state index in [1.807, 2.05) is 0 Å². The van der Waals surface area contributed by atoms with Crippen LogP contribution in [0.15, 0.2) is 24.3 Å². The summed E-state index contributed by atoms with van der Waals surface area (Å²) in [5.74, 6) is -1.09. The lowest BCUT2D eigenvalue weighted by Gasteiger charge is -2.25. The van der Waals surface area contributed by atoms with Crippen molar-refractivity contribution in [1.29, 1.82) is 0 Å². The van der Waals surface area contributed by atoms with Crippen LogP contribution in [0.2, 0.25) is 0 Å². The van der Waals surface area contributed by atoms with Gasteiger partial charge in [-0.3, -0.25) is 0 Å². The number of aliphatic hydroxyl groups is 1. The van der Waals surface area contributed by atoms with Gasteiger partial charge in [-0.2, -0.15) is 0 Å². The Kier molecular flexibility index (Phi) is 3.21. The van der Waals surface area contributed by atoms with Crippen LogP contribution in [0.25, 0.3) is 0 Å². The minimum Gasteiger partial charge on any atom is -0.396 e. The minimum atomic E-state index is -1.55. The third kappa shape index (κ3) is 2.51. The molecule has 0 aliphatic rings. The van der Waals surface area contributed by atoms with Crippen molar-refractivity contribution in [3.63, 3.8) is 0 Å². The molecule has 0 bridgehead atoms. The van der Waals surface area contributed by atoms with Crippen molar-refractivity contribution in [3.05, 3.63) is 35.6 Å². The van der Waals surface area contributed by atoms with E-state index in [4.69, 9.17) is 5.11 Å². The second-order valence-corrected chi connectivity index (χ2v) is 3.85. The predicted octanol–water partition coefficient (Wildman–Crippen LogP) is 2.65. The maximum Gasteiger partial charge on any atom is 0.123 e. The summed E-state index contributed by atoms with van der Waals surface area (Å²) in [4.78, 5) is 0. The van der Waals surface area contributed by atoms with Crippen molar-refractivity contribution >= 4 is 0 Å². The van der Waals surface area contributed by atoms with Gasteiger partial charge >= 0.3 is 0 Å². The van der Waals surface area contributed by atoms with Crippen molar-refractivity contribution in [3.8, 4) is 0 Å². The Morgan fingerprint density at radius 3 is 2.50 bits per heavy atom. The highest BCUT2D eigenvalue weighted by atomic mass is 19.1. The lowest BCUT2D eigenvalue weighted by atomic mass is 9.87. The summed E-state index contributed by atoms with van der Waals surface area (Å²) >= 11 is 0. The van der Waals surface area contributed by atoms with E-state index < -0.39 is 17.4 Å². The second-order valence-electron chi connectivity index (χ2n) is 3.85. The third-order valence-corrected chi connectivity index (χ3v) is 2.26. The molecule has 0 heterocycles. The monoisotopic (exact) mass is 200 g/mol. The number of hydrogen-bond donors (Lipinski definition) is 1. The van der Waals surface area contributed by atoms with E-state index >= 15 is 0 Å². The zero-order valence-electron chi connectivity index (χ0n) is 8.30. The lowest BCUT2D eigenvalue weighted by Crippen LogP contribution is -2.26. The van der Waals surface area contributed by atoms with Crippen molar-refractivity contribution in [1.82, 2.24) is 0 Å². The molecule has 0 saturated carbocycles. The van der Waals surface area contributed by atoms with Crippen molar-refractivity contribution in [2.45, 2.75) is 25.4 Å². The molecule has 1 rings (SSSR count). The van der Waals surface area contributed by atoms with Gasteiger partial charge in [0.05, 0.1) is 6.61 Å². The van der Waals surface area contributed by atoms with Crippen LogP contribution >= 0.6 is 0 Å². The quantitative estimate of drug-likeness (QED) is 0.795. The summed E-state index contributed by atoms with van der Waals surface area (Å²) in [5.41, 5.74) is -1.07. The van der Waals surface area contributed by atoms with Crippen molar-refractivity contribution < 1.29 is 13.9 Å². The maximum absolute atomic E-state index is 13.6. The van der Waals surface area contributed by atoms with Crippen LogP contribution in [0.4, 0.5) is 8.78 Å². The molecule has 0 amide bonds. The highest BCUT2D eigenvalue weighted by molar-refractivity contribution is 5.23. The Morgan fingerprint density at radius 2 is 2.07 bits per heavy atom. The SMILES string of the molecule is CC(C)(F)C(CO)c1cccc(F)c1. The molecular formula is C11H14F2O. The normalized spacial score (nSPS) is 14.1. The molecule has 14 heavy (non-hydrogen) atoms. The maximum atomic E-state index is 13.6.